The van der Waals surface area contributed by atoms with Gasteiger partial charge in [-0.1, -0.05) is 30.3 Å². The number of ether oxygens (including phenoxy) is 5. The van der Waals surface area contributed by atoms with Gasteiger partial charge in [0.2, 0.25) is 6.29 Å². The van der Waals surface area contributed by atoms with Crippen LogP contribution in [0.1, 0.15) is 5.56 Å². The van der Waals surface area contributed by atoms with E-state index in [1.165, 1.54) is 12.3 Å². The van der Waals surface area contributed by atoms with Gasteiger partial charge in [-0.15, -0.1) is 0 Å². The minimum absolute atomic E-state index is 0.167. The molecule has 0 amide bonds. The van der Waals surface area contributed by atoms with Crippen LogP contribution in [0.4, 0.5) is 0 Å². The van der Waals surface area contributed by atoms with Gasteiger partial charge >= 0.3 is 5.97 Å². The summed E-state index contributed by atoms with van der Waals surface area (Å²) in [5, 5.41) is 50.5. The van der Waals surface area contributed by atoms with Crippen molar-refractivity contribution in [3.63, 3.8) is 0 Å². The lowest BCUT2D eigenvalue weighted by atomic mass is 9.85. The van der Waals surface area contributed by atoms with Gasteiger partial charge in [0.15, 0.2) is 6.29 Å². The highest BCUT2D eigenvalue weighted by molar-refractivity contribution is 5.87. The Morgan fingerprint density at radius 3 is 2.54 bits per heavy atom. The van der Waals surface area contributed by atoms with Gasteiger partial charge in [0, 0.05) is 12.0 Å². The first-order valence-electron chi connectivity index (χ1n) is 11.4. The average molecular weight is 492 g/mol. The molecule has 11 atom stereocenters. The van der Waals surface area contributed by atoms with Crippen LogP contribution in [-0.4, -0.2) is 99.5 Å². The summed E-state index contributed by atoms with van der Waals surface area (Å²) in [5.41, 5.74) is -0.248. The minimum atomic E-state index is -1.63. The minimum Gasteiger partial charge on any atom is -0.472 e. The molecule has 1 saturated carbocycles. The van der Waals surface area contributed by atoms with E-state index in [1.807, 2.05) is 30.3 Å². The molecule has 0 unspecified atom stereocenters. The number of esters is 1. The molecule has 0 spiro atoms. The van der Waals surface area contributed by atoms with Gasteiger partial charge in [0.05, 0.1) is 24.9 Å². The maximum absolute atomic E-state index is 12.3. The predicted molar refractivity (Wildman–Crippen MR) is 116 cm³/mol. The average Bonchev–Trinajstić information content (AvgIpc) is 3.56. The second kappa shape index (κ2) is 9.60. The topological polar surface area (TPSA) is 168 Å². The van der Waals surface area contributed by atoms with Gasteiger partial charge in [-0.05, 0) is 17.7 Å². The van der Waals surface area contributed by atoms with Gasteiger partial charge in [0.25, 0.3) is 0 Å². The largest absolute Gasteiger partial charge is 0.472 e. The Kier molecular flexibility index (Phi) is 6.68. The second-order valence-electron chi connectivity index (χ2n) is 9.11. The molecule has 2 saturated heterocycles. The van der Waals surface area contributed by atoms with E-state index in [-0.39, 0.29) is 6.61 Å². The molecule has 190 valence electrons. The maximum atomic E-state index is 12.3. The normalized spacial score (nSPS) is 43.9. The van der Waals surface area contributed by atoms with Gasteiger partial charge in [0.1, 0.15) is 42.7 Å². The fraction of sp³-hybridized carbons (Fsp3) is 0.542. The maximum Gasteiger partial charge on any atom is 0.330 e. The quantitative estimate of drug-likeness (QED) is 0.174. The number of carbonyl (C=O) groups is 1. The number of benzene rings is 1. The first-order chi connectivity index (χ1) is 16.9. The first-order valence-corrected chi connectivity index (χ1v) is 11.4. The third-order valence-electron chi connectivity index (χ3n) is 7.03. The van der Waals surface area contributed by atoms with Crippen LogP contribution in [0, 0.1) is 11.8 Å². The number of rotatable bonds is 7. The molecule has 1 aromatic carbocycles. The zero-order valence-corrected chi connectivity index (χ0v) is 18.6. The summed E-state index contributed by atoms with van der Waals surface area (Å²) in [5.74, 6) is -1.67. The van der Waals surface area contributed by atoms with Crippen molar-refractivity contribution in [1.82, 2.24) is 0 Å². The molecule has 0 aromatic heterocycles. The Bertz CT molecular complexity index is 965. The van der Waals surface area contributed by atoms with Crippen molar-refractivity contribution < 1.29 is 54.0 Å². The molecule has 11 nitrogen and oxygen atoms in total. The molecule has 0 bridgehead atoms. The molecular formula is C24H28O11. The van der Waals surface area contributed by atoms with Crippen molar-refractivity contribution in [1.29, 1.82) is 0 Å². The Labute approximate surface area is 200 Å². The van der Waals surface area contributed by atoms with E-state index < -0.39 is 79.2 Å². The third kappa shape index (κ3) is 4.39. The van der Waals surface area contributed by atoms with Gasteiger partial charge in [-0.3, -0.25) is 0 Å². The molecule has 3 fully saturated rings. The van der Waals surface area contributed by atoms with E-state index in [0.717, 1.165) is 5.56 Å². The molecule has 11 heteroatoms. The lowest BCUT2D eigenvalue weighted by Gasteiger charge is -2.43. The van der Waals surface area contributed by atoms with E-state index in [2.05, 4.69) is 0 Å². The summed E-state index contributed by atoms with van der Waals surface area (Å²) in [6.07, 6.45) is -4.06. The lowest BCUT2D eigenvalue weighted by Crippen LogP contribution is -2.60. The molecule has 3 heterocycles. The van der Waals surface area contributed by atoms with Crippen molar-refractivity contribution in [2.45, 2.75) is 54.8 Å². The molecule has 3 aliphatic heterocycles. The predicted octanol–water partition coefficient (Wildman–Crippen LogP) is -1.33. The van der Waals surface area contributed by atoms with Crippen LogP contribution in [0.2, 0.25) is 0 Å². The van der Waals surface area contributed by atoms with E-state index in [0.29, 0.717) is 0 Å². The molecule has 5 rings (SSSR count). The van der Waals surface area contributed by atoms with Gasteiger partial charge < -0.3 is 49.2 Å². The zero-order chi connectivity index (χ0) is 24.7. The molecule has 1 aromatic rings. The highest BCUT2D eigenvalue weighted by Gasteiger charge is 2.76. The Morgan fingerprint density at radius 1 is 1.03 bits per heavy atom. The molecule has 0 radical (unpaired) electrons. The molecule has 35 heavy (non-hydrogen) atoms. The summed E-state index contributed by atoms with van der Waals surface area (Å²) in [6.45, 7) is -0.776. The van der Waals surface area contributed by atoms with Crippen LogP contribution >= 0.6 is 0 Å². The Balaban J connectivity index is 1.28. The van der Waals surface area contributed by atoms with Crippen LogP contribution < -0.4 is 0 Å². The van der Waals surface area contributed by atoms with E-state index in [1.54, 1.807) is 12.2 Å². The van der Waals surface area contributed by atoms with Crippen LogP contribution in [0.5, 0.6) is 0 Å². The summed E-state index contributed by atoms with van der Waals surface area (Å²) in [7, 11) is 0. The van der Waals surface area contributed by atoms with Gasteiger partial charge in [-0.2, -0.15) is 0 Å². The van der Waals surface area contributed by atoms with Crippen molar-refractivity contribution in [2.24, 2.45) is 11.8 Å². The van der Waals surface area contributed by atoms with Crippen LogP contribution in [0.15, 0.2) is 48.7 Å². The fourth-order valence-corrected chi connectivity index (χ4v) is 5.11. The summed E-state index contributed by atoms with van der Waals surface area (Å²) in [4.78, 5) is 12.3. The Morgan fingerprint density at radius 2 is 1.80 bits per heavy atom. The highest BCUT2D eigenvalue weighted by atomic mass is 16.8. The van der Waals surface area contributed by atoms with E-state index in [4.69, 9.17) is 23.7 Å². The standard InChI is InChI=1S/C24H28O11/c25-10-14-18(28)19(29)20(30)23(33-14)34-22-16-13(8-9-31-22)17(27)21-24(16,35-21)11-32-15(26)7-6-12-4-2-1-3-5-12/h1-9,13-14,16-23,25,27-30H,10-11H2/t13-,14+,16-,17-,18+,19-,20+,21-,22-,23-,24+/m0/s1. The van der Waals surface area contributed by atoms with Crippen molar-refractivity contribution >= 4 is 12.0 Å². The third-order valence-corrected chi connectivity index (χ3v) is 7.03. The number of epoxide rings is 1. The lowest BCUT2D eigenvalue weighted by molar-refractivity contribution is -0.344. The number of fused-ring (bicyclic) bond motifs is 3. The molecular weight excluding hydrogens is 464 g/mol. The number of carbonyl (C=O) groups excluding carboxylic acids is 1. The van der Waals surface area contributed by atoms with Gasteiger partial charge in [-0.25, -0.2) is 4.79 Å². The summed E-state index contributed by atoms with van der Waals surface area (Å²) < 4.78 is 28.1. The number of aliphatic hydroxyl groups excluding tert-OH is 5. The van der Waals surface area contributed by atoms with E-state index >= 15 is 0 Å². The molecule has 4 aliphatic rings. The number of aliphatic hydroxyl groups is 5. The molecule has 1 aliphatic carbocycles. The first kappa shape index (κ1) is 24.3. The second-order valence-corrected chi connectivity index (χ2v) is 9.11. The SMILES string of the molecule is O=C(C=Cc1ccccc1)OC[C@]12O[C@H]1[C@@H](O)[C@H]1C=CO[C@@H](O[C@@H]3O[C@H](CO)[C@@H](O)[C@H](O)[C@H]3O)[C@H]12. The number of hydrogen-bond donors (Lipinski definition) is 5. The fourth-order valence-electron chi connectivity index (χ4n) is 5.11. The monoisotopic (exact) mass is 492 g/mol. The van der Waals surface area contributed by atoms with Crippen molar-refractivity contribution in [3.05, 3.63) is 54.3 Å². The van der Waals surface area contributed by atoms with Crippen LogP contribution in [0.3, 0.4) is 0 Å². The number of hydrogen-bond acceptors (Lipinski definition) is 11. The van der Waals surface area contributed by atoms with Crippen LogP contribution in [0.25, 0.3) is 6.08 Å². The molecule has 5 N–H and O–H groups in total. The van der Waals surface area contributed by atoms with E-state index in [9.17, 15) is 30.3 Å². The van der Waals surface area contributed by atoms with Crippen molar-refractivity contribution in [2.75, 3.05) is 13.2 Å². The summed E-state index contributed by atoms with van der Waals surface area (Å²) in [6, 6.07) is 9.24. The zero-order valence-electron chi connectivity index (χ0n) is 18.6. The van der Waals surface area contributed by atoms with Crippen molar-refractivity contribution in [3.8, 4) is 0 Å². The highest BCUT2D eigenvalue weighted by Crippen LogP contribution is 2.60. The summed E-state index contributed by atoms with van der Waals surface area (Å²) >= 11 is 0. The van der Waals surface area contributed by atoms with Crippen LogP contribution in [-0.2, 0) is 28.5 Å². The smallest absolute Gasteiger partial charge is 0.330 e. The Hall–Kier alpha value is -2.35.